The van der Waals surface area contributed by atoms with Crippen LogP contribution in [0.2, 0.25) is 0 Å². The van der Waals surface area contributed by atoms with Crippen molar-refractivity contribution in [2.24, 2.45) is 19.4 Å². The second-order valence-corrected chi connectivity index (χ2v) is 3.49. The number of rotatable bonds is 0. The molecular formula is C10H26N11O5Pt2+3. The zero-order valence-electron chi connectivity index (χ0n) is 15.1. The molecule has 2 heterocycles. The van der Waals surface area contributed by atoms with E-state index in [0.717, 1.165) is 5.34 Å². The molecule has 16 nitrogen and oxygen atoms in total. The molecule has 0 amide bonds. The van der Waals surface area contributed by atoms with Crippen molar-refractivity contribution in [3.63, 3.8) is 0 Å². The first-order valence-corrected chi connectivity index (χ1v) is 5.27. The maximum atomic E-state index is 10.6. The fourth-order valence-corrected chi connectivity index (χ4v) is 0.931. The molecule has 0 aliphatic rings. The van der Waals surface area contributed by atoms with Gasteiger partial charge in [0.15, 0.2) is 0 Å². The molecule has 0 aliphatic heterocycles. The normalized spacial score (nSPS) is 6.50. The Morgan fingerprint density at radius 2 is 1.11 bits per heavy atom. The summed E-state index contributed by atoms with van der Waals surface area (Å²) in [6.07, 6.45) is 3.02. The van der Waals surface area contributed by atoms with E-state index in [1.54, 1.807) is 14.1 Å². The second-order valence-electron chi connectivity index (χ2n) is 3.49. The summed E-state index contributed by atoms with van der Waals surface area (Å²) >= 11 is 0. The Hall–Kier alpha value is -2.06. The molecule has 18 heteroatoms. The molecule has 0 atom stereocenters. The predicted molar refractivity (Wildman–Crippen MR) is 99.8 cm³/mol. The van der Waals surface area contributed by atoms with Crippen molar-refractivity contribution in [3.8, 4) is 0 Å². The van der Waals surface area contributed by atoms with Crippen LogP contribution < -0.4 is 36.0 Å². The van der Waals surface area contributed by atoms with Gasteiger partial charge in [-0.1, -0.05) is 11.6 Å². The van der Waals surface area contributed by atoms with Gasteiger partial charge in [0.1, 0.15) is 0 Å². The van der Waals surface area contributed by atoms with Crippen LogP contribution in [0, 0.1) is 10.1 Å². The van der Waals surface area contributed by atoms with Gasteiger partial charge in [0.05, 0.1) is 0 Å². The number of nitrogens with zero attached hydrogens (tertiary/aromatic N) is 5. The molecular weight excluding hydrogens is 744 g/mol. The molecule has 0 radical (unpaired) electrons. The van der Waals surface area contributed by atoms with E-state index in [0.29, 0.717) is 0 Å². The molecule has 168 valence electrons. The van der Waals surface area contributed by atoms with E-state index in [1.165, 1.54) is 33.7 Å². The van der Waals surface area contributed by atoms with Crippen LogP contribution in [0.25, 0.3) is 11.5 Å². The number of nitrogens with one attached hydrogen (secondary N) is 2. The van der Waals surface area contributed by atoms with Crippen LogP contribution >= 0.6 is 0 Å². The Morgan fingerprint density at radius 3 is 1.25 bits per heavy atom. The molecule has 0 aromatic carbocycles. The summed E-state index contributed by atoms with van der Waals surface area (Å²) in [6.45, 7) is 0. The van der Waals surface area contributed by atoms with Crippen molar-refractivity contribution >= 4 is 11.6 Å². The summed E-state index contributed by atoms with van der Waals surface area (Å²) in [5.41, 5.74) is 13.0. The minimum absolute atomic E-state index is 0. The molecule has 0 saturated carbocycles. The molecule has 2 aromatic heterocycles. The van der Waals surface area contributed by atoms with Crippen molar-refractivity contribution in [1.29, 1.82) is 0 Å². The van der Waals surface area contributed by atoms with Gasteiger partial charge in [-0.25, -0.2) is 0 Å². The van der Waals surface area contributed by atoms with Crippen molar-refractivity contribution in [1.82, 2.24) is 43.7 Å². The quantitative estimate of drug-likeness (QED) is 0.217. The zero-order valence-corrected chi connectivity index (χ0v) is 19.7. The number of hydrogen-bond donors (Lipinski definition) is 4. The van der Waals surface area contributed by atoms with Crippen LogP contribution in [0.3, 0.4) is 0 Å². The van der Waals surface area contributed by atoms with E-state index in [2.05, 4.69) is 9.97 Å². The van der Waals surface area contributed by atoms with E-state index in [1.807, 2.05) is 0 Å². The van der Waals surface area contributed by atoms with Gasteiger partial charge < -0.3 is 70.8 Å². The summed E-state index contributed by atoms with van der Waals surface area (Å²) in [5.74, 6) is 0.0243. The summed E-state index contributed by atoms with van der Waals surface area (Å²) < 4.78 is 2.64. The zero-order chi connectivity index (χ0) is 16.4. The molecule has 2 aromatic rings. The van der Waals surface area contributed by atoms with Gasteiger partial charge in [-0.05, 0) is 12.1 Å². The molecule has 0 unspecified atom stereocenters. The average molecular weight is 771 g/mol. The third-order valence-corrected chi connectivity index (χ3v) is 1.95. The van der Waals surface area contributed by atoms with Gasteiger partial charge in [0.25, 0.3) is 0 Å². The Balaban J connectivity index is -0.0000000342. The van der Waals surface area contributed by atoms with E-state index >= 15 is 0 Å². The summed E-state index contributed by atoms with van der Waals surface area (Å²) in [5, 5.41) is 9.00. The summed E-state index contributed by atoms with van der Waals surface area (Å²) in [7, 11) is 3.18. The smallest absolute Gasteiger partial charge is 0.482 e. The Bertz CT molecular complexity index is 655. The molecule has 0 spiro atoms. The molecule has 28 heavy (non-hydrogen) atoms. The molecule has 0 bridgehead atoms. The third kappa shape index (κ3) is 22.0. The van der Waals surface area contributed by atoms with Gasteiger partial charge in [-0.3, -0.25) is 9.59 Å². The van der Waals surface area contributed by atoms with Crippen LogP contribution in [0.4, 0.5) is 11.6 Å². The van der Waals surface area contributed by atoms with Gasteiger partial charge in [0.2, 0.25) is 11.4 Å². The molecule has 0 aliphatic carbocycles. The van der Waals surface area contributed by atoms with E-state index in [-0.39, 0.29) is 95.2 Å². The maximum absolute atomic E-state index is 10.6. The number of aryl methyl sites for hydroxylation is 2. The van der Waals surface area contributed by atoms with Crippen molar-refractivity contribution in [3.05, 3.63) is 67.1 Å². The molecule has 0 fully saturated rings. The standard InChI is InChI=1S/2C5H7N3O.HNO2.4H3N.H2O.2Pt/c2*1-8-3-2-4(6)7-5(8)9;2-1-3;;;;;;;/h2*2-3H,1H3,(H2,6,7,9);(H,2,3);4*1H3;1H2;;/q;;;;;;;;+2;+4/p-3. The molecule has 16 N–H and O–H groups in total. The Kier molecular flexibility index (Phi) is 48.6. The fraction of sp³-hybridized carbons (Fsp3) is 0.200. The first-order chi connectivity index (χ1) is 9.81. The minimum atomic E-state index is -0.387. The largest absolute Gasteiger partial charge is 4.00 e. The third-order valence-electron chi connectivity index (χ3n) is 1.95. The second kappa shape index (κ2) is 27.2. The van der Waals surface area contributed by atoms with Gasteiger partial charge in [-0.2, -0.15) is 0 Å². The van der Waals surface area contributed by atoms with E-state index < -0.39 is 0 Å². The predicted octanol–water partition coefficient (Wildman–Crippen LogP) is 0.997. The van der Waals surface area contributed by atoms with Crippen LogP contribution in [0.5, 0.6) is 0 Å². The van der Waals surface area contributed by atoms with Gasteiger partial charge in [0, 0.05) is 26.5 Å². The maximum Gasteiger partial charge on any atom is 4.00 e. The first kappa shape index (κ1) is 50.1. The Labute approximate surface area is 189 Å². The molecule has 2 rings (SSSR count). The number of hydrogen-bond acceptors (Lipinski definition) is 11. The average Bonchev–Trinajstić information content (AvgIpc) is 2.41. The monoisotopic (exact) mass is 770 g/mol. The first-order valence-electron chi connectivity index (χ1n) is 5.27. The van der Waals surface area contributed by atoms with Crippen LogP contribution in [0.1, 0.15) is 0 Å². The van der Waals surface area contributed by atoms with Crippen molar-refractivity contribution < 1.29 is 47.6 Å². The topological polar surface area (TPSA) is 341 Å². The fourth-order valence-electron chi connectivity index (χ4n) is 0.931. The summed E-state index contributed by atoms with van der Waals surface area (Å²) in [6, 6.07) is 2.92. The Morgan fingerprint density at radius 1 is 0.893 bits per heavy atom. The van der Waals surface area contributed by atoms with E-state index in [4.69, 9.17) is 21.6 Å². The van der Waals surface area contributed by atoms with Crippen LogP contribution in [0.15, 0.2) is 39.5 Å². The minimum Gasteiger partial charge on any atom is -0.482 e. The number of aromatic nitrogens is 4. The van der Waals surface area contributed by atoms with Gasteiger partial charge in [-0.15, -0.1) is 5.34 Å². The van der Waals surface area contributed by atoms with Crippen molar-refractivity contribution in [2.45, 2.75) is 0 Å². The van der Waals surface area contributed by atoms with Gasteiger partial charge >= 0.3 is 42.1 Å². The van der Waals surface area contributed by atoms with Crippen molar-refractivity contribution in [2.75, 3.05) is 0 Å². The van der Waals surface area contributed by atoms with Crippen LogP contribution in [-0.2, 0) is 56.2 Å². The summed E-state index contributed by atoms with van der Waals surface area (Å²) in [4.78, 5) is 35.8. The van der Waals surface area contributed by atoms with E-state index in [9.17, 15) is 9.59 Å². The SMILES string of the molecule is Cn1ccc([NH-])nc1=O.Cn1ccc([NH-])nc1=O.N.N.N.N.O.O=N[O-].[Pt+2].[Pt+4]. The molecule has 0 saturated heterocycles. The van der Waals surface area contributed by atoms with Crippen LogP contribution in [-0.4, -0.2) is 24.6 Å².